The van der Waals surface area contributed by atoms with Gasteiger partial charge in [0.15, 0.2) is 0 Å². The first-order valence-electron chi connectivity index (χ1n) is 12.7. The van der Waals surface area contributed by atoms with Gasteiger partial charge in [-0.2, -0.15) is 25.6 Å². The molecule has 4 aromatic rings. The molecule has 0 aliphatic rings. The average Bonchev–Trinajstić information content (AvgIpc) is 2.98. The molecule has 0 N–H and O–H groups in total. The normalized spacial score (nSPS) is 12.1. The van der Waals surface area contributed by atoms with Crippen LogP contribution in [0.1, 0.15) is 22.3 Å². The Morgan fingerprint density at radius 1 is 0.595 bits per heavy atom. The monoisotopic (exact) mass is 606 g/mol. The van der Waals surface area contributed by atoms with E-state index in [1.807, 2.05) is 13.8 Å². The van der Waals surface area contributed by atoms with Crippen molar-refractivity contribution < 1.29 is 31.0 Å². The fourth-order valence-electron chi connectivity index (χ4n) is 4.08. The van der Waals surface area contributed by atoms with E-state index in [0.29, 0.717) is 39.5 Å². The minimum Gasteiger partial charge on any atom is -0.497 e. The maximum absolute atomic E-state index is 13.0. The molecule has 218 valence electrons. The van der Waals surface area contributed by atoms with Crippen molar-refractivity contribution in [1.82, 2.24) is 0 Å². The van der Waals surface area contributed by atoms with Gasteiger partial charge in [-0.05, 0) is 67.9 Å². The summed E-state index contributed by atoms with van der Waals surface area (Å²) in [5, 5.41) is 0. The molecule has 0 radical (unpaired) electrons. The number of methoxy groups -OCH3 is 3. The summed E-state index contributed by atoms with van der Waals surface area (Å²) in [7, 11) is -3.54. The van der Waals surface area contributed by atoms with E-state index < -0.39 is 20.0 Å². The largest absolute Gasteiger partial charge is 0.497 e. The number of ether oxygens (including phenoxy) is 3. The first-order valence-corrected chi connectivity index (χ1v) is 15.5. The number of rotatable bonds is 10. The summed E-state index contributed by atoms with van der Waals surface area (Å²) in [4.78, 5) is 0.120. The van der Waals surface area contributed by atoms with Crippen LogP contribution in [0.3, 0.4) is 0 Å². The topological polar surface area (TPSA) is 121 Å². The van der Waals surface area contributed by atoms with Gasteiger partial charge in [-0.3, -0.25) is 0 Å². The molecule has 9 nitrogen and oxygen atoms in total. The Hall–Kier alpha value is -4.48. The Labute approximate surface area is 246 Å². The van der Waals surface area contributed by atoms with E-state index in [0.717, 1.165) is 11.1 Å². The zero-order valence-electron chi connectivity index (χ0n) is 23.7. The van der Waals surface area contributed by atoms with Gasteiger partial charge in [-0.1, -0.05) is 35.4 Å². The van der Waals surface area contributed by atoms with Crippen molar-refractivity contribution in [3.63, 3.8) is 0 Å². The second-order valence-corrected chi connectivity index (χ2v) is 12.6. The minimum absolute atomic E-state index is 0.0475. The molecule has 0 atom stereocenters. The Balaban J connectivity index is 1.84. The van der Waals surface area contributed by atoms with E-state index in [2.05, 4.69) is 8.80 Å². The quantitative estimate of drug-likeness (QED) is 0.215. The first kappa shape index (κ1) is 30.5. The number of hydrogen-bond donors (Lipinski definition) is 0. The van der Waals surface area contributed by atoms with Gasteiger partial charge in [0.25, 0.3) is 20.0 Å². The Bertz CT molecular complexity index is 1860. The molecular formula is C31H30N2O7S2. The molecule has 0 saturated carbocycles. The number of nitrogens with zero attached hydrogens (tertiary/aromatic N) is 2. The highest BCUT2D eigenvalue weighted by molar-refractivity contribution is 7.90. The highest BCUT2D eigenvalue weighted by Gasteiger charge is 2.20. The van der Waals surface area contributed by atoms with Crippen LogP contribution in [0.2, 0.25) is 0 Å². The zero-order valence-corrected chi connectivity index (χ0v) is 25.4. The summed E-state index contributed by atoms with van der Waals surface area (Å²) in [6.07, 6.45) is 2.46. The number of hydrogen-bond acceptors (Lipinski definition) is 7. The van der Waals surface area contributed by atoms with Crippen LogP contribution >= 0.6 is 0 Å². The van der Waals surface area contributed by atoms with Crippen LogP contribution in [-0.4, -0.2) is 50.6 Å². The van der Waals surface area contributed by atoms with Gasteiger partial charge < -0.3 is 14.2 Å². The molecule has 0 saturated heterocycles. The van der Waals surface area contributed by atoms with Crippen LogP contribution in [0, 0.1) is 13.8 Å². The van der Waals surface area contributed by atoms with Gasteiger partial charge in [-0.25, -0.2) is 0 Å². The Kier molecular flexibility index (Phi) is 9.13. The summed E-state index contributed by atoms with van der Waals surface area (Å²) in [6.45, 7) is 3.72. The molecule has 0 aliphatic carbocycles. The molecule has 0 aromatic heterocycles. The molecule has 4 aromatic carbocycles. The van der Waals surface area contributed by atoms with Crippen molar-refractivity contribution in [3.8, 4) is 28.4 Å². The van der Waals surface area contributed by atoms with Crippen molar-refractivity contribution in [2.24, 2.45) is 8.80 Å². The SMILES string of the molecule is COc1cc(/C=N/S(=O)(=O)c2ccc(C)cc2)c(-c2cc(/C=N/S(=O)(=O)c3ccc(C)cc3)ccc2OC)c(OC)c1. The molecule has 0 unspecified atom stereocenters. The minimum atomic E-state index is -4.02. The summed E-state index contributed by atoms with van der Waals surface area (Å²) in [5.41, 5.74) is 3.60. The van der Waals surface area contributed by atoms with Crippen LogP contribution in [-0.2, 0) is 20.0 Å². The molecule has 42 heavy (non-hydrogen) atoms. The van der Waals surface area contributed by atoms with Crippen molar-refractivity contribution >= 4 is 32.5 Å². The summed E-state index contributed by atoms with van der Waals surface area (Å²) in [6, 6.07) is 21.0. The third-order valence-corrected chi connectivity index (χ3v) is 8.87. The smallest absolute Gasteiger partial charge is 0.282 e. The molecule has 0 spiro atoms. The first-order chi connectivity index (χ1) is 20.0. The van der Waals surface area contributed by atoms with Crippen molar-refractivity contribution in [2.45, 2.75) is 23.6 Å². The summed E-state index contributed by atoms with van der Waals surface area (Å²) in [5.74, 6) is 1.18. The van der Waals surface area contributed by atoms with Gasteiger partial charge in [0.1, 0.15) is 17.2 Å². The van der Waals surface area contributed by atoms with Gasteiger partial charge in [0.2, 0.25) is 0 Å². The standard InChI is InChI=1S/C31H30N2O7S2/c1-21-6-11-26(12-7-21)41(34,35)32-19-23-10-15-29(39-4)28(16-23)31-24(17-25(38-3)18-30(31)40-5)20-33-42(36,37)27-13-8-22(2)9-14-27/h6-20H,1-5H3/b32-19+,33-20+. The molecule has 11 heteroatoms. The maximum atomic E-state index is 13.0. The van der Waals surface area contributed by atoms with E-state index in [4.69, 9.17) is 14.2 Å². The highest BCUT2D eigenvalue weighted by Crippen LogP contribution is 2.41. The van der Waals surface area contributed by atoms with E-state index >= 15 is 0 Å². The average molecular weight is 607 g/mol. The molecule has 0 heterocycles. The zero-order chi connectivity index (χ0) is 30.5. The lowest BCUT2D eigenvalue weighted by molar-refractivity contribution is 0.394. The van der Waals surface area contributed by atoms with Crippen LogP contribution in [0.4, 0.5) is 0 Å². The van der Waals surface area contributed by atoms with Gasteiger partial charge in [-0.15, -0.1) is 0 Å². The van der Waals surface area contributed by atoms with E-state index in [9.17, 15) is 16.8 Å². The fraction of sp³-hybridized carbons (Fsp3) is 0.161. The molecule has 4 rings (SSSR count). The highest BCUT2D eigenvalue weighted by atomic mass is 32.2. The van der Waals surface area contributed by atoms with Crippen LogP contribution in [0.15, 0.2) is 97.4 Å². The van der Waals surface area contributed by atoms with Crippen molar-refractivity contribution in [3.05, 3.63) is 101 Å². The lowest BCUT2D eigenvalue weighted by Gasteiger charge is -2.17. The predicted molar refractivity (Wildman–Crippen MR) is 163 cm³/mol. The predicted octanol–water partition coefficient (Wildman–Crippen LogP) is 5.61. The second kappa shape index (κ2) is 12.6. The summed E-state index contributed by atoms with van der Waals surface area (Å²) < 4.78 is 76.1. The van der Waals surface area contributed by atoms with E-state index in [1.165, 1.54) is 58.0 Å². The number of sulfonamides is 2. The van der Waals surface area contributed by atoms with Gasteiger partial charge in [0.05, 0.1) is 31.1 Å². The maximum Gasteiger partial charge on any atom is 0.282 e. The Morgan fingerprint density at radius 3 is 1.62 bits per heavy atom. The molecule has 0 amide bonds. The Morgan fingerprint density at radius 2 is 1.12 bits per heavy atom. The van der Waals surface area contributed by atoms with Crippen LogP contribution < -0.4 is 14.2 Å². The van der Waals surface area contributed by atoms with Crippen molar-refractivity contribution in [1.29, 1.82) is 0 Å². The number of aryl methyl sites for hydroxylation is 2. The van der Waals surface area contributed by atoms with E-state index in [1.54, 1.807) is 54.6 Å². The van der Waals surface area contributed by atoms with Gasteiger partial charge in [0, 0.05) is 35.2 Å². The van der Waals surface area contributed by atoms with Crippen LogP contribution in [0.5, 0.6) is 17.2 Å². The lowest BCUT2D eigenvalue weighted by Crippen LogP contribution is -2.02. The van der Waals surface area contributed by atoms with E-state index in [-0.39, 0.29) is 9.79 Å². The second-order valence-electron chi connectivity index (χ2n) is 9.30. The number of benzene rings is 4. The molecular weight excluding hydrogens is 576 g/mol. The fourth-order valence-corrected chi connectivity index (χ4v) is 5.80. The third kappa shape index (κ3) is 6.87. The lowest BCUT2D eigenvalue weighted by atomic mass is 9.96. The summed E-state index contributed by atoms with van der Waals surface area (Å²) >= 11 is 0. The molecule has 0 fully saturated rings. The van der Waals surface area contributed by atoms with Crippen LogP contribution in [0.25, 0.3) is 11.1 Å². The molecule has 0 aliphatic heterocycles. The van der Waals surface area contributed by atoms with Gasteiger partial charge >= 0.3 is 0 Å². The molecule has 0 bridgehead atoms. The van der Waals surface area contributed by atoms with Crippen molar-refractivity contribution in [2.75, 3.05) is 21.3 Å². The third-order valence-electron chi connectivity index (χ3n) is 6.36.